The molecule has 244 valence electrons. The summed E-state index contributed by atoms with van der Waals surface area (Å²) in [5.74, 6) is -0.459. The lowest BCUT2D eigenvalue weighted by Crippen LogP contribution is -2.52. The number of aryl methyl sites for hydroxylation is 1. The molecule has 3 aromatic carbocycles. The molecule has 5 N–H and O–H groups in total. The molecule has 0 spiro atoms. The summed E-state index contributed by atoms with van der Waals surface area (Å²) in [6.45, 7) is 0.664. The fraction of sp³-hybridized carbons (Fsp3) is 0.323. The zero-order valence-corrected chi connectivity index (χ0v) is 26.2. The first-order chi connectivity index (χ1) is 21.9. The van der Waals surface area contributed by atoms with E-state index in [0.29, 0.717) is 25.8 Å². The number of fused-ring (bicyclic) bond motifs is 2. The zero-order valence-electron chi connectivity index (χ0n) is 25.4. The van der Waals surface area contributed by atoms with Gasteiger partial charge in [-0.3, -0.25) is 33.8 Å². The Labute approximate surface area is 266 Å². The number of carbonyl (C=O) groups is 3. The van der Waals surface area contributed by atoms with E-state index in [9.17, 15) is 32.9 Å². The van der Waals surface area contributed by atoms with Crippen molar-refractivity contribution in [2.45, 2.75) is 50.9 Å². The van der Waals surface area contributed by atoms with Crippen molar-refractivity contribution >= 4 is 39.4 Å². The van der Waals surface area contributed by atoms with Gasteiger partial charge in [0.25, 0.3) is 5.69 Å². The first-order valence-corrected chi connectivity index (χ1v) is 16.0. The lowest BCUT2D eigenvalue weighted by molar-refractivity contribution is -0.384. The highest BCUT2D eigenvalue weighted by Gasteiger charge is 2.34. The number of carbonyl (C=O) groups excluding carboxylic acids is 3. The highest BCUT2D eigenvalue weighted by atomic mass is 32.2. The maximum Gasteiger partial charge on any atom is 0.357 e. The van der Waals surface area contributed by atoms with E-state index in [-0.39, 0.29) is 48.1 Å². The number of hydrogen-bond donors (Lipinski definition) is 5. The van der Waals surface area contributed by atoms with Crippen molar-refractivity contribution in [2.75, 3.05) is 18.8 Å². The van der Waals surface area contributed by atoms with Crippen molar-refractivity contribution in [3.05, 3.63) is 105 Å². The van der Waals surface area contributed by atoms with Gasteiger partial charge in [0, 0.05) is 52.2 Å². The van der Waals surface area contributed by atoms with Crippen LogP contribution in [0.15, 0.2) is 66.7 Å². The maximum atomic E-state index is 12.9. The maximum absolute atomic E-state index is 12.9. The molecule has 3 amide bonds. The molecule has 14 nitrogen and oxygen atoms in total. The first-order valence-electron chi connectivity index (χ1n) is 14.5. The minimum Gasteiger partial charge on any atom is -0.358 e. The molecule has 0 aliphatic carbocycles. The van der Waals surface area contributed by atoms with Gasteiger partial charge in [-0.2, -0.15) is 8.42 Å². The monoisotopic (exact) mass is 652 g/mol. The van der Waals surface area contributed by atoms with Gasteiger partial charge in [-0.05, 0) is 52.8 Å². The van der Waals surface area contributed by atoms with Gasteiger partial charge in [0.05, 0.1) is 16.7 Å². The molecule has 0 aromatic heterocycles. The minimum atomic E-state index is -4.40. The molecule has 3 aromatic rings. The summed E-state index contributed by atoms with van der Waals surface area (Å²) in [5.41, 5.74) is 4.78. The molecule has 2 heterocycles. The Balaban J connectivity index is 0.000000240. The van der Waals surface area contributed by atoms with Crippen molar-refractivity contribution in [1.82, 2.24) is 20.9 Å². The van der Waals surface area contributed by atoms with Crippen LogP contribution < -0.4 is 20.7 Å². The van der Waals surface area contributed by atoms with Crippen LogP contribution in [0.3, 0.4) is 0 Å². The Morgan fingerprint density at radius 3 is 2.26 bits per heavy atom. The number of nitrogens with one attached hydrogen (secondary N) is 4. The molecule has 0 fully saturated rings. The summed E-state index contributed by atoms with van der Waals surface area (Å²) < 4.78 is 33.1. The SMILES string of the molecule is CNC(=O)[C@@H]1Cc2ccc(NS(=O)(=O)O)cc2CN1C(=O)CCc1ccccc1.CNC(=O)[C@@H]1Cc2ccc([N+](=O)[O-])cc2CN1. The molecule has 0 bridgehead atoms. The van der Waals surface area contributed by atoms with E-state index in [1.54, 1.807) is 31.3 Å². The molecule has 5 rings (SSSR count). The van der Waals surface area contributed by atoms with E-state index in [0.717, 1.165) is 27.8 Å². The Hall–Kier alpha value is -4.86. The van der Waals surface area contributed by atoms with Crippen molar-refractivity contribution < 1.29 is 32.3 Å². The lowest BCUT2D eigenvalue weighted by Gasteiger charge is -2.36. The van der Waals surface area contributed by atoms with Crippen LogP contribution in [0, 0.1) is 10.1 Å². The summed E-state index contributed by atoms with van der Waals surface area (Å²) in [7, 11) is -1.27. The van der Waals surface area contributed by atoms with Gasteiger partial charge in [-0.25, -0.2) is 0 Å². The molecule has 0 saturated carbocycles. The summed E-state index contributed by atoms with van der Waals surface area (Å²) >= 11 is 0. The molecule has 2 aliphatic heterocycles. The summed E-state index contributed by atoms with van der Waals surface area (Å²) in [5, 5.41) is 18.9. The third-order valence-corrected chi connectivity index (χ3v) is 8.34. The third kappa shape index (κ3) is 8.87. The highest BCUT2D eigenvalue weighted by Crippen LogP contribution is 2.28. The van der Waals surface area contributed by atoms with Gasteiger partial charge >= 0.3 is 10.3 Å². The van der Waals surface area contributed by atoms with Gasteiger partial charge in [0.1, 0.15) is 6.04 Å². The third-order valence-electron chi connectivity index (χ3n) is 7.85. The molecular formula is C31H36N6O8S. The number of rotatable bonds is 8. The standard InChI is InChI=1S/C20H23N3O5S.C11H13N3O3/c1-21-20(25)18-12-15-8-9-17(22-29(26,27)28)11-16(15)13-23(18)19(24)10-7-14-5-3-2-4-6-14;1-12-11(15)10-5-7-2-3-9(14(16)17)4-8(7)6-13-10/h2-6,8-9,11,18,22H,7,10,12-13H2,1H3,(H,21,25)(H,26,27,28);2-4,10,13H,5-6H2,1H3,(H,12,15)/t18-;10-/m00/s1. The molecule has 46 heavy (non-hydrogen) atoms. The average Bonchev–Trinajstić information content (AvgIpc) is 3.05. The minimum absolute atomic E-state index is 0.0611. The van der Waals surface area contributed by atoms with Crippen LogP contribution >= 0.6 is 0 Å². The van der Waals surface area contributed by atoms with E-state index in [1.807, 2.05) is 35.1 Å². The Morgan fingerprint density at radius 1 is 0.935 bits per heavy atom. The zero-order chi connectivity index (χ0) is 33.4. The Morgan fingerprint density at radius 2 is 1.61 bits per heavy atom. The number of nitrogens with zero attached hydrogens (tertiary/aromatic N) is 2. The van der Waals surface area contributed by atoms with E-state index >= 15 is 0 Å². The van der Waals surface area contributed by atoms with Gasteiger partial charge in [-0.1, -0.05) is 42.5 Å². The van der Waals surface area contributed by atoms with Crippen molar-refractivity contribution in [2.24, 2.45) is 0 Å². The predicted molar refractivity (Wildman–Crippen MR) is 170 cm³/mol. The number of hydrogen-bond acceptors (Lipinski definition) is 8. The predicted octanol–water partition coefficient (Wildman–Crippen LogP) is 1.89. The van der Waals surface area contributed by atoms with Crippen LogP contribution in [0.25, 0.3) is 0 Å². The second-order valence-electron chi connectivity index (χ2n) is 10.9. The molecular weight excluding hydrogens is 616 g/mol. The fourth-order valence-corrected chi connectivity index (χ4v) is 5.90. The average molecular weight is 653 g/mol. The normalized spacial score (nSPS) is 16.9. The number of non-ortho nitro benzene ring substituents is 1. The summed E-state index contributed by atoms with van der Waals surface area (Å²) in [6, 6.07) is 18.3. The number of likely N-dealkylation sites (N-methyl/N-ethyl adjacent to an activating group) is 2. The van der Waals surface area contributed by atoms with Crippen molar-refractivity contribution in [1.29, 1.82) is 0 Å². The molecule has 2 atom stereocenters. The summed E-state index contributed by atoms with van der Waals surface area (Å²) in [4.78, 5) is 48.5. The van der Waals surface area contributed by atoms with Crippen LogP contribution in [-0.4, -0.2) is 66.7 Å². The fourth-order valence-electron chi connectivity index (χ4n) is 5.47. The second-order valence-corrected chi connectivity index (χ2v) is 12.0. The topological polar surface area (TPSA) is 200 Å². The van der Waals surface area contributed by atoms with Crippen LogP contribution in [0.1, 0.15) is 34.2 Å². The van der Waals surface area contributed by atoms with Gasteiger partial charge in [0.2, 0.25) is 17.7 Å². The lowest BCUT2D eigenvalue weighted by atomic mass is 9.92. The number of anilines is 1. The van der Waals surface area contributed by atoms with Crippen LogP contribution in [-0.2, 0) is 57.0 Å². The quantitative estimate of drug-likeness (QED) is 0.137. The Bertz CT molecular complexity index is 1720. The van der Waals surface area contributed by atoms with E-state index < -0.39 is 21.3 Å². The van der Waals surface area contributed by atoms with Crippen molar-refractivity contribution in [3.8, 4) is 0 Å². The molecule has 15 heteroatoms. The second kappa shape index (κ2) is 14.9. The number of amides is 3. The van der Waals surface area contributed by atoms with Gasteiger partial charge in [0.15, 0.2) is 0 Å². The number of nitro groups is 1. The van der Waals surface area contributed by atoms with Gasteiger partial charge in [-0.15, -0.1) is 0 Å². The number of benzene rings is 3. The highest BCUT2D eigenvalue weighted by molar-refractivity contribution is 7.87. The number of nitro benzene ring substituents is 1. The van der Waals surface area contributed by atoms with Crippen LogP contribution in [0.2, 0.25) is 0 Å². The van der Waals surface area contributed by atoms with E-state index in [2.05, 4.69) is 16.0 Å². The van der Waals surface area contributed by atoms with E-state index in [1.165, 1.54) is 24.1 Å². The smallest absolute Gasteiger partial charge is 0.357 e. The molecule has 2 aliphatic rings. The first kappa shape index (κ1) is 34.0. The summed E-state index contributed by atoms with van der Waals surface area (Å²) in [6.07, 6.45) is 1.72. The van der Waals surface area contributed by atoms with E-state index in [4.69, 9.17) is 4.55 Å². The molecule has 0 saturated heterocycles. The van der Waals surface area contributed by atoms with Crippen LogP contribution in [0.4, 0.5) is 11.4 Å². The largest absolute Gasteiger partial charge is 0.358 e. The van der Waals surface area contributed by atoms with Gasteiger partial charge < -0.3 is 20.9 Å². The molecule has 0 unspecified atom stereocenters. The Kier molecular flexibility index (Phi) is 11.1. The van der Waals surface area contributed by atoms with Crippen LogP contribution in [0.5, 0.6) is 0 Å². The molecule has 0 radical (unpaired) electrons. The van der Waals surface area contributed by atoms with Crippen molar-refractivity contribution in [3.63, 3.8) is 0 Å².